The quantitative estimate of drug-likeness (QED) is 0.242. The SMILES string of the molecule is C=C(N(c1cc(OC)ccc1N)S(=O)(=O)c1ccc(OCC(=O)O)cc1)[S@@+]([O-])Cc1ncc(C)c(OC)c1C. The van der Waals surface area contributed by atoms with E-state index in [0.717, 1.165) is 9.87 Å². The lowest BCUT2D eigenvalue weighted by Gasteiger charge is -2.28. The first kappa shape index (κ1) is 29.6. The van der Waals surface area contributed by atoms with Gasteiger partial charge >= 0.3 is 5.97 Å². The van der Waals surface area contributed by atoms with Crippen molar-refractivity contribution in [1.29, 1.82) is 0 Å². The molecule has 2 aromatic carbocycles. The number of hydrogen-bond acceptors (Lipinski definition) is 9. The number of pyridine rings is 1. The van der Waals surface area contributed by atoms with E-state index in [4.69, 9.17) is 25.1 Å². The van der Waals surface area contributed by atoms with E-state index < -0.39 is 33.8 Å². The lowest BCUT2D eigenvalue weighted by molar-refractivity contribution is -0.139. The summed E-state index contributed by atoms with van der Waals surface area (Å²) in [7, 11) is -1.49. The summed E-state index contributed by atoms with van der Waals surface area (Å²) in [5.41, 5.74) is 8.16. The minimum Gasteiger partial charge on any atom is -0.610 e. The largest absolute Gasteiger partial charge is 0.610 e. The van der Waals surface area contributed by atoms with Crippen molar-refractivity contribution >= 4 is 38.5 Å². The van der Waals surface area contributed by atoms with Crippen LogP contribution >= 0.6 is 0 Å². The molecule has 0 radical (unpaired) electrons. The van der Waals surface area contributed by atoms with Gasteiger partial charge in [0.1, 0.15) is 17.2 Å². The van der Waals surface area contributed by atoms with Crippen molar-refractivity contribution in [3.8, 4) is 17.2 Å². The highest BCUT2D eigenvalue weighted by atomic mass is 32.2. The Hall–Kier alpha value is -3.94. The number of methoxy groups -OCH3 is 2. The monoisotopic (exact) mass is 575 g/mol. The molecule has 0 bridgehead atoms. The highest BCUT2D eigenvalue weighted by Crippen LogP contribution is 2.37. The van der Waals surface area contributed by atoms with Gasteiger partial charge in [-0.3, -0.25) is 4.98 Å². The van der Waals surface area contributed by atoms with Crippen LogP contribution in [-0.2, 0) is 31.7 Å². The predicted octanol–water partition coefficient (Wildman–Crippen LogP) is 3.38. The number of aryl methyl sites for hydroxylation is 1. The third-order valence-electron chi connectivity index (χ3n) is 5.69. The van der Waals surface area contributed by atoms with Gasteiger partial charge < -0.3 is 29.6 Å². The lowest BCUT2D eigenvalue weighted by Crippen LogP contribution is -2.34. The number of carbonyl (C=O) groups is 1. The molecule has 1 heterocycles. The second-order valence-electron chi connectivity index (χ2n) is 8.28. The molecule has 13 heteroatoms. The zero-order chi connectivity index (χ0) is 28.9. The Morgan fingerprint density at radius 2 is 1.77 bits per heavy atom. The van der Waals surface area contributed by atoms with Gasteiger partial charge in [0.05, 0.1) is 36.2 Å². The normalized spacial score (nSPS) is 11.9. The van der Waals surface area contributed by atoms with Crippen LogP contribution in [0.5, 0.6) is 17.2 Å². The van der Waals surface area contributed by atoms with Crippen molar-refractivity contribution in [2.24, 2.45) is 0 Å². The number of sulfonamides is 1. The molecule has 0 unspecified atom stereocenters. The summed E-state index contributed by atoms with van der Waals surface area (Å²) in [6, 6.07) is 9.53. The van der Waals surface area contributed by atoms with E-state index >= 15 is 0 Å². The average molecular weight is 576 g/mol. The van der Waals surface area contributed by atoms with Gasteiger partial charge in [0, 0.05) is 34.6 Å². The number of carboxylic acid groups (broad SMARTS) is 1. The number of rotatable bonds is 12. The molecule has 39 heavy (non-hydrogen) atoms. The van der Waals surface area contributed by atoms with E-state index in [9.17, 15) is 17.8 Å². The Morgan fingerprint density at radius 3 is 2.36 bits per heavy atom. The van der Waals surface area contributed by atoms with Crippen LogP contribution in [-0.4, -0.2) is 49.9 Å². The molecular formula is C26H29N3O8S2. The van der Waals surface area contributed by atoms with Crippen LogP contribution in [0.2, 0.25) is 0 Å². The minimum atomic E-state index is -4.43. The van der Waals surface area contributed by atoms with Crippen molar-refractivity contribution in [2.45, 2.75) is 24.5 Å². The summed E-state index contributed by atoms with van der Waals surface area (Å²) in [6.07, 6.45) is 1.59. The lowest BCUT2D eigenvalue weighted by atomic mass is 10.1. The number of aromatic nitrogens is 1. The molecule has 1 atom stereocenters. The Labute approximate surface area is 230 Å². The van der Waals surface area contributed by atoms with Gasteiger partial charge in [-0.2, -0.15) is 4.31 Å². The summed E-state index contributed by atoms with van der Waals surface area (Å²) in [5.74, 6) is -0.258. The number of nitrogen functional groups attached to an aromatic ring is 1. The van der Waals surface area contributed by atoms with Crippen LogP contribution in [0, 0.1) is 13.8 Å². The molecule has 0 saturated heterocycles. The van der Waals surface area contributed by atoms with Crippen LogP contribution in [0.15, 0.2) is 65.2 Å². The van der Waals surface area contributed by atoms with Crippen molar-refractivity contribution in [3.63, 3.8) is 0 Å². The highest BCUT2D eigenvalue weighted by Gasteiger charge is 2.36. The number of ether oxygens (including phenoxy) is 3. The van der Waals surface area contributed by atoms with Crippen molar-refractivity contribution < 1.29 is 37.1 Å². The molecule has 0 amide bonds. The summed E-state index contributed by atoms with van der Waals surface area (Å²) < 4.78 is 58.1. The maximum absolute atomic E-state index is 13.9. The number of hydrogen-bond donors (Lipinski definition) is 2. The van der Waals surface area contributed by atoms with Gasteiger partial charge in [-0.1, -0.05) is 0 Å². The van der Waals surface area contributed by atoms with Gasteiger partial charge in [-0.15, -0.1) is 0 Å². The minimum absolute atomic E-state index is 0.00919. The number of nitrogens with two attached hydrogens (primary N) is 1. The number of aliphatic carboxylic acids is 1. The van der Waals surface area contributed by atoms with Gasteiger partial charge in [0.25, 0.3) is 10.0 Å². The third kappa shape index (κ3) is 6.56. The van der Waals surface area contributed by atoms with Gasteiger partial charge in [-0.05, 0) is 56.8 Å². The topological polar surface area (TPSA) is 164 Å². The molecule has 3 rings (SSSR count). The first-order valence-corrected chi connectivity index (χ1v) is 14.2. The van der Waals surface area contributed by atoms with E-state index in [2.05, 4.69) is 11.6 Å². The molecular weight excluding hydrogens is 546 g/mol. The maximum Gasteiger partial charge on any atom is 0.341 e. The zero-order valence-corrected chi connectivity index (χ0v) is 23.5. The Balaban J connectivity index is 2.06. The van der Waals surface area contributed by atoms with E-state index in [1.807, 2.05) is 6.92 Å². The van der Waals surface area contributed by atoms with E-state index in [1.165, 1.54) is 50.6 Å². The van der Waals surface area contributed by atoms with Crippen molar-refractivity contribution in [2.75, 3.05) is 30.9 Å². The molecule has 0 aliphatic rings. The Morgan fingerprint density at radius 1 is 1.13 bits per heavy atom. The molecule has 3 N–H and O–H groups in total. The number of carboxylic acids is 1. The molecule has 1 aromatic heterocycles. The molecule has 11 nitrogen and oxygen atoms in total. The number of nitrogens with zero attached hydrogens (tertiary/aromatic N) is 2. The van der Waals surface area contributed by atoms with Crippen LogP contribution in [0.3, 0.4) is 0 Å². The fourth-order valence-corrected chi connectivity index (χ4v) is 6.61. The molecule has 0 spiro atoms. The molecule has 0 fully saturated rings. The van der Waals surface area contributed by atoms with Gasteiger partial charge in [-0.25, -0.2) is 13.2 Å². The van der Waals surface area contributed by atoms with Crippen LogP contribution in [0.25, 0.3) is 0 Å². The number of benzene rings is 2. The molecule has 0 aliphatic heterocycles. The van der Waals surface area contributed by atoms with E-state index in [1.54, 1.807) is 19.2 Å². The Kier molecular flexibility index (Phi) is 9.32. The molecule has 3 aromatic rings. The first-order chi connectivity index (χ1) is 18.4. The third-order valence-corrected chi connectivity index (χ3v) is 8.81. The molecule has 208 valence electrons. The fourth-order valence-electron chi connectivity index (χ4n) is 3.70. The fraction of sp³-hybridized carbons (Fsp3) is 0.231. The first-order valence-electron chi connectivity index (χ1n) is 11.4. The molecule has 0 aliphatic carbocycles. The summed E-state index contributed by atoms with van der Waals surface area (Å²) in [4.78, 5) is 14.9. The summed E-state index contributed by atoms with van der Waals surface area (Å²) in [5, 5.41) is 8.54. The van der Waals surface area contributed by atoms with E-state index in [0.29, 0.717) is 22.8 Å². The Bertz CT molecular complexity index is 1480. The van der Waals surface area contributed by atoms with Crippen molar-refractivity contribution in [1.82, 2.24) is 4.98 Å². The average Bonchev–Trinajstić information content (AvgIpc) is 2.90. The number of anilines is 2. The summed E-state index contributed by atoms with van der Waals surface area (Å²) in [6.45, 7) is 6.89. The standard InChI is InChI=1S/C26H29N3O8S2/c1-16-13-28-23(17(2)26(16)36-5)15-38(32)18(3)29(24-12-20(35-4)8-11-22(24)27)39(33,34)21-9-6-19(7-10-21)37-14-25(30)31/h6-13H,3,14-15,27H2,1-2,4-5H3,(H,30,31)/t38-/m0/s1. The molecule has 0 saturated carbocycles. The highest BCUT2D eigenvalue weighted by molar-refractivity contribution is 7.98. The maximum atomic E-state index is 13.9. The zero-order valence-electron chi connectivity index (χ0n) is 21.8. The van der Waals surface area contributed by atoms with Gasteiger partial charge in [0.2, 0.25) is 5.03 Å². The smallest absolute Gasteiger partial charge is 0.341 e. The second-order valence-corrected chi connectivity index (χ2v) is 11.5. The predicted molar refractivity (Wildman–Crippen MR) is 148 cm³/mol. The van der Waals surface area contributed by atoms with Crippen LogP contribution in [0.4, 0.5) is 11.4 Å². The summed E-state index contributed by atoms with van der Waals surface area (Å²) >= 11 is -1.98. The van der Waals surface area contributed by atoms with Gasteiger partial charge in [0.15, 0.2) is 12.4 Å². The van der Waals surface area contributed by atoms with Crippen molar-refractivity contribution in [3.05, 3.63) is 77.1 Å². The van der Waals surface area contributed by atoms with Crippen LogP contribution in [0.1, 0.15) is 16.8 Å². The van der Waals surface area contributed by atoms with Crippen LogP contribution < -0.4 is 24.2 Å². The second kappa shape index (κ2) is 12.3. The van der Waals surface area contributed by atoms with E-state index in [-0.39, 0.29) is 32.8 Å².